The van der Waals surface area contributed by atoms with Crippen molar-refractivity contribution in [2.24, 2.45) is 13.0 Å². The topological polar surface area (TPSA) is 41.4 Å². The Hall–Kier alpha value is -2.21. The van der Waals surface area contributed by atoms with E-state index in [-0.39, 0.29) is 11.7 Å². The Morgan fingerprint density at radius 3 is 2.61 bits per heavy atom. The molecular formula is C22H31FN4O. The van der Waals surface area contributed by atoms with E-state index in [1.807, 2.05) is 36.5 Å². The monoisotopic (exact) mass is 386 g/mol. The van der Waals surface area contributed by atoms with E-state index in [9.17, 15) is 9.18 Å². The molecule has 0 aliphatic carbocycles. The van der Waals surface area contributed by atoms with E-state index in [0.29, 0.717) is 18.4 Å². The van der Waals surface area contributed by atoms with Crippen LogP contribution < -0.4 is 0 Å². The fourth-order valence-electron chi connectivity index (χ4n) is 3.95. The van der Waals surface area contributed by atoms with E-state index in [1.54, 1.807) is 4.68 Å². The third-order valence-electron chi connectivity index (χ3n) is 5.56. The second kappa shape index (κ2) is 9.32. The van der Waals surface area contributed by atoms with Crippen LogP contribution in [0.25, 0.3) is 0 Å². The average Bonchev–Trinajstić information content (AvgIpc) is 2.96. The molecule has 5 nitrogen and oxygen atoms in total. The van der Waals surface area contributed by atoms with E-state index < -0.39 is 0 Å². The highest BCUT2D eigenvalue weighted by Crippen LogP contribution is 2.21. The van der Waals surface area contributed by atoms with Crippen LogP contribution >= 0.6 is 0 Å². The van der Waals surface area contributed by atoms with Crippen LogP contribution in [-0.2, 0) is 24.8 Å². The minimum absolute atomic E-state index is 0.203. The second-order valence-electron chi connectivity index (χ2n) is 8.12. The van der Waals surface area contributed by atoms with E-state index in [4.69, 9.17) is 0 Å². The predicted molar refractivity (Wildman–Crippen MR) is 108 cm³/mol. The Kier molecular flexibility index (Phi) is 6.83. The molecule has 0 spiro atoms. The summed E-state index contributed by atoms with van der Waals surface area (Å²) in [5.41, 5.74) is 2.22. The highest BCUT2D eigenvalue weighted by molar-refractivity contribution is 5.76. The molecule has 1 fully saturated rings. The number of aryl methyl sites for hydroxylation is 2. The first-order valence-corrected chi connectivity index (χ1v) is 10.2. The van der Waals surface area contributed by atoms with Crippen molar-refractivity contribution in [1.82, 2.24) is 19.6 Å². The first kappa shape index (κ1) is 20.5. The van der Waals surface area contributed by atoms with E-state index in [2.05, 4.69) is 23.8 Å². The van der Waals surface area contributed by atoms with Gasteiger partial charge >= 0.3 is 0 Å². The molecular weight excluding hydrogens is 355 g/mol. The summed E-state index contributed by atoms with van der Waals surface area (Å²) in [5, 5.41) is 4.17. The lowest BCUT2D eigenvalue weighted by Gasteiger charge is -2.34. The van der Waals surface area contributed by atoms with Gasteiger partial charge in [-0.3, -0.25) is 14.4 Å². The lowest BCUT2D eigenvalue weighted by atomic mass is 10.0. The molecule has 28 heavy (non-hydrogen) atoms. The zero-order valence-electron chi connectivity index (χ0n) is 17.1. The van der Waals surface area contributed by atoms with Gasteiger partial charge in [0.05, 0.1) is 6.20 Å². The largest absolute Gasteiger partial charge is 0.341 e. The van der Waals surface area contributed by atoms with Crippen LogP contribution in [0, 0.1) is 11.7 Å². The number of hydrogen-bond donors (Lipinski definition) is 0. The van der Waals surface area contributed by atoms with Crippen molar-refractivity contribution in [1.29, 1.82) is 0 Å². The summed E-state index contributed by atoms with van der Waals surface area (Å²) in [6.45, 7) is 7.73. The number of amides is 1. The van der Waals surface area contributed by atoms with Crippen molar-refractivity contribution >= 4 is 5.91 Å². The van der Waals surface area contributed by atoms with Crippen molar-refractivity contribution in [2.75, 3.05) is 19.6 Å². The highest BCUT2D eigenvalue weighted by atomic mass is 19.1. The Balaban J connectivity index is 1.62. The van der Waals surface area contributed by atoms with Gasteiger partial charge in [-0.15, -0.1) is 0 Å². The molecule has 1 aliphatic rings. The molecule has 152 valence electrons. The molecule has 2 aromatic rings. The molecule has 0 unspecified atom stereocenters. The third-order valence-corrected chi connectivity index (χ3v) is 5.56. The van der Waals surface area contributed by atoms with Gasteiger partial charge in [-0.05, 0) is 42.0 Å². The number of carbonyl (C=O) groups is 1. The van der Waals surface area contributed by atoms with Crippen molar-refractivity contribution in [2.45, 2.75) is 45.7 Å². The fourth-order valence-corrected chi connectivity index (χ4v) is 3.95. The minimum atomic E-state index is -0.203. The SMILES string of the molecule is CC(C)[C@H]1CN(C(=O)CCc2cnn(C)c2)CCCN1Cc1ccc(F)cc1. The highest BCUT2D eigenvalue weighted by Gasteiger charge is 2.29. The summed E-state index contributed by atoms with van der Waals surface area (Å²) in [6, 6.07) is 7.05. The molecule has 6 heteroatoms. The molecule has 1 saturated heterocycles. The summed E-state index contributed by atoms with van der Waals surface area (Å²) >= 11 is 0. The van der Waals surface area contributed by atoms with Crippen LogP contribution in [0.4, 0.5) is 4.39 Å². The number of halogens is 1. The Bertz CT molecular complexity index is 771. The van der Waals surface area contributed by atoms with Gasteiger partial charge in [0.2, 0.25) is 5.91 Å². The number of rotatable bonds is 6. The van der Waals surface area contributed by atoms with E-state index >= 15 is 0 Å². The summed E-state index contributed by atoms with van der Waals surface area (Å²) in [4.78, 5) is 17.3. The molecule has 1 aromatic heterocycles. The Morgan fingerprint density at radius 2 is 1.96 bits per heavy atom. The van der Waals surface area contributed by atoms with Gasteiger partial charge in [0.1, 0.15) is 5.82 Å². The molecule has 0 saturated carbocycles. The van der Waals surface area contributed by atoms with Crippen LogP contribution in [0.3, 0.4) is 0 Å². The van der Waals surface area contributed by atoms with Crippen molar-refractivity contribution < 1.29 is 9.18 Å². The third kappa shape index (κ3) is 5.41. The standard InChI is InChI=1S/C22H31FN4O/c1-17(2)21-16-27(22(28)10-7-19-13-24-25(3)14-19)12-4-11-26(21)15-18-5-8-20(23)9-6-18/h5-6,8-9,13-14,17,21H,4,7,10-12,15-16H2,1-3H3/t21-/m1/s1. The number of hydrogen-bond acceptors (Lipinski definition) is 3. The van der Waals surface area contributed by atoms with Gasteiger partial charge in [-0.1, -0.05) is 26.0 Å². The molecule has 1 atom stereocenters. The van der Waals surface area contributed by atoms with Crippen LogP contribution in [0.2, 0.25) is 0 Å². The van der Waals surface area contributed by atoms with Crippen LogP contribution in [0.1, 0.15) is 37.8 Å². The maximum atomic E-state index is 13.2. The van der Waals surface area contributed by atoms with Crippen molar-refractivity contribution in [3.05, 3.63) is 53.6 Å². The first-order chi connectivity index (χ1) is 13.4. The maximum absolute atomic E-state index is 13.2. The van der Waals surface area contributed by atoms with Gasteiger partial charge in [0.15, 0.2) is 0 Å². The minimum Gasteiger partial charge on any atom is -0.341 e. The molecule has 0 bridgehead atoms. The number of carbonyl (C=O) groups excluding carboxylic acids is 1. The Morgan fingerprint density at radius 1 is 1.21 bits per heavy atom. The average molecular weight is 387 g/mol. The summed E-state index contributed by atoms with van der Waals surface area (Å²) in [7, 11) is 1.89. The van der Waals surface area contributed by atoms with Crippen molar-refractivity contribution in [3.8, 4) is 0 Å². The second-order valence-corrected chi connectivity index (χ2v) is 8.12. The summed E-state index contributed by atoms with van der Waals surface area (Å²) in [6.07, 6.45) is 6.01. The van der Waals surface area contributed by atoms with Crippen LogP contribution in [-0.4, -0.2) is 51.2 Å². The normalized spacial score (nSPS) is 18.5. The lowest BCUT2D eigenvalue weighted by Crippen LogP contribution is -2.45. The van der Waals surface area contributed by atoms with Gasteiger partial charge < -0.3 is 4.90 Å². The molecule has 2 heterocycles. The molecule has 1 amide bonds. The smallest absolute Gasteiger partial charge is 0.222 e. The predicted octanol–water partition coefficient (Wildman–Crippen LogP) is 3.25. The lowest BCUT2D eigenvalue weighted by molar-refractivity contribution is -0.131. The summed E-state index contributed by atoms with van der Waals surface area (Å²) < 4.78 is 15.0. The molecule has 0 N–H and O–H groups in total. The van der Waals surface area contributed by atoms with E-state index in [0.717, 1.165) is 50.1 Å². The number of benzene rings is 1. The van der Waals surface area contributed by atoms with Gasteiger partial charge in [-0.25, -0.2) is 4.39 Å². The molecule has 1 aliphatic heterocycles. The Labute approximate surface area is 167 Å². The van der Waals surface area contributed by atoms with Crippen LogP contribution in [0.15, 0.2) is 36.7 Å². The van der Waals surface area contributed by atoms with Gasteiger partial charge in [-0.2, -0.15) is 5.10 Å². The van der Waals surface area contributed by atoms with Gasteiger partial charge in [0, 0.05) is 51.9 Å². The molecule has 1 aromatic carbocycles. The quantitative estimate of drug-likeness (QED) is 0.765. The fraction of sp³-hybridized carbons (Fsp3) is 0.545. The van der Waals surface area contributed by atoms with Crippen molar-refractivity contribution in [3.63, 3.8) is 0 Å². The first-order valence-electron chi connectivity index (χ1n) is 10.2. The van der Waals surface area contributed by atoms with Crippen LogP contribution in [0.5, 0.6) is 0 Å². The maximum Gasteiger partial charge on any atom is 0.222 e. The van der Waals surface area contributed by atoms with E-state index in [1.165, 1.54) is 12.1 Å². The van der Waals surface area contributed by atoms with Gasteiger partial charge in [0.25, 0.3) is 0 Å². The summed E-state index contributed by atoms with van der Waals surface area (Å²) in [5.74, 6) is 0.454. The zero-order valence-corrected chi connectivity index (χ0v) is 17.1. The molecule has 3 rings (SSSR count). The zero-order chi connectivity index (χ0) is 20.1. The molecule has 0 radical (unpaired) electrons. The number of aromatic nitrogens is 2. The number of nitrogens with zero attached hydrogens (tertiary/aromatic N) is 4.